The molecule has 1 fully saturated rings. The van der Waals surface area contributed by atoms with Crippen molar-refractivity contribution >= 4 is 0 Å². The van der Waals surface area contributed by atoms with Crippen LogP contribution in [0.2, 0.25) is 0 Å². The van der Waals surface area contributed by atoms with Crippen LogP contribution in [0.25, 0.3) is 0 Å². The van der Waals surface area contributed by atoms with E-state index in [1.165, 1.54) is 0 Å². The van der Waals surface area contributed by atoms with Crippen LogP contribution in [-0.4, -0.2) is 42.4 Å². The van der Waals surface area contributed by atoms with Crippen molar-refractivity contribution < 1.29 is 9.84 Å². The molecular formula is C15H23NO2. The lowest BCUT2D eigenvalue weighted by atomic mass is 9.94. The van der Waals surface area contributed by atoms with Gasteiger partial charge in [0.2, 0.25) is 0 Å². The molecule has 2 atom stereocenters. The van der Waals surface area contributed by atoms with Crippen LogP contribution < -0.4 is 0 Å². The topological polar surface area (TPSA) is 32.7 Å². The molecule has 1 aromatic carbocycles. The molecule has 0 radical (unpaired) electrons. The van der Waals surface area contributed by atoms with Crippen molar-refractivity contribution in [3.63, 3.8) is 0 Å². The predicted molar refractivity (Wildman–Crippen MR) is 72.5 cm³/mol. The standard InChI is InChI=1S/C15H23NO2/c1-3-14-11-18-10-9-16(14)12-15(2,17)13-7-5-4-6-8-13/h4-8,14,17H,3,9-12H2,1-2H3. The van der Waals surface area contributed by atoms with Gasteiger partial charge in [0, 0.05) is 19.1 Å². The summed E-state index contributed by atoms with van der Waals surface area (Å²) in [4.78, 5) is 2.34. The van der Waals surface area contributed by atoms with E-state index < -0.39 is 5.60 Å². The fourth-order valence-corrected chi connectivity index (χ4v) is 2.56. The third-order valence-corrected chi connectivity index (χ3v) is 3.73. The lowest BCUT2D eigenvalue weighted by Crippen LogP contribution is -2.50. The van der Waals surface area contributed by atoms with Gasteiger partial charge < -0.3 is 9.84 Å². The van der Waals surface area contributed by atoms with Crippen LogP contribution in [0.15, 0.2) is 30.3 Å². The van der Waals surface area contributed by atoms with Crippen molar-refractivity contribution in [2.45, 2.75) is 31.9 Å². The number of benzene rings is 1. The number of ether oxygens (including phenoxy) is 1. The normalized spacial score (nSPS) is 24.7. The molecule has 0 bridgehead atoms. The second-order valence-electron chi connectivity index (χ2n) is 5.25. The number of aliphatic hydroxyl groups is 1. The van der Waals surface area contributed by atoms with E-state index in [4.69, 9.17) is 4.74 Å². The molecule has 2 rings (SSSR count). The van der Waals surface area contributed by atoms with E-state index in [1.807, 2.05) is 37.3 Å². The first kappa shape index (κ1) is 13.5. The fourth-order valence-electron chi connectivity index (χ4n) is 2.56. The number of β-amino-alcohol motifs (C(OH)–C–C–N with tert-alkyl or cyclic N) is 1. The van der Waals surface area contributed by atoms with Crippen molar-refractivity contribution in [1.82, 2.24) is 4.90 Å². The number of rotatable bonds is 4. The average molecular weight is 249 g/mol. The number of morpholine rings is 1. The third-order valence-electron chi connectivity index (χ3n) is 3.73. The average Bonchev–Trinajstić information content (AvgIpc) is 2.40. The molecule has 18 heavy (non-hydrogen) atoms. The molecule has 100 valence electrons. The van der Waals surface area contributed by atoms with Gasteiger partial charge in [-0.25, -0.2) is 0 Å². The van der Waals surface area contributed by atoms with Gasteiger partial charge >= 0.3 is 0 Å². The van der Waals surface area contributed by atoms with E-state index in [2.05, 4.69) is 11.8 Å². The van der Waals surface area contributed by atoms with Gasteiger partial charge in [-0.2, -0.15) is 0 Å². The molecule has 0 amide bonds. The summed E-state index contributed by atoms with van der Waals surface area (Å²) >= 11 is 0. The van der Waals surface area contributed by atoms with Crippen molar-refractivity contribution in [2.75, 3.05) is 26.3 Å². The lowest BCUT2D eigenvalue weighted by molar-refractivity contribution is -0.0564. The summed E-state index contributed by atoms with van der Waals surface area (Å²) in [5.74, 6) is 0. The zero-order chi connectivity index (χ0) is 13.0. The Labute approximate surface area is 109 Å². The molecule has 1 aliphatic rings. The molecule has 3 nitrogen and oxygen atoms in total. The summed E-state index contributed by atoms with van der Waals surface area (Å²) in [5, 5.41) is 10.7. The molecule has 1 N–H and O–H groups in total. The zero-order valence-electron chi connectivity index (χ0n) is 11.3. The van der Waals surface area contributed by atoms with Crippen LogP contribution in [0.4, 0.5) is 0 Å². The van der Waals surface area contributed by atoms with Crippen molar-refractivity contribution in [2.24, 2.45) is 0 Å². The van der Waals surface area contributed by atoms with Gasteiger partial charge in [-0.05, 0) is 18.9 Å². The molecule has 1 heterocycles. The van der Waals surface area contributed by atoms with Crippen LogP contribution in [0.5, 0.6) is 0 Å². The summed E-state index contributed by atoms with van der Waals surface area (Å²) in [6.45, 7) is 7.18. The Morgan fingerprint density at radius 3 is 2.78 bits per heavy atom. The summed E-state index contributed by atoms with van der Waals surface area (Å²) in [6, 6.07) is 10.3. The Balaban J connectivity index is 2.07. The molecule has 0 spiro atoms. The highest BCUT2D eigenvalue weighted by Crippen LogP contribution is 2.24. The molecule has 0 saturated carbocycles. The number of nitrogens with zero attached hydrogens (tertiary/aromatic N) is 1. The molecule has 3 heteroatoms. The van der Waals surface area contributed by atoms with Crippen LogP contribution >= 0.6 is 0 Å². The van der Waals surface area contributed by atoms with E-state index in [-0.39, 0.29) is 0 Å². The molecular weight excluding hydrogens is 226 g/mol. The van der Waals surface area contributed by atoms with E-state index >= 15 is 0 Å². The molecule has 1 saturated heterocycles. The zero-order valence-corrected chi connectivity index (χ0v) is 11.3. The Bertz CT molecular complexity index is 364. The maximum Gasteiger partial charge on any atom is 0.0994 e. The van der Waals surface area contributed by atoms with Crippen LogP contribution in [-0.2, 0) is 10.3 Å². The Hall–Kier alpha value is -0.900. The third kappa shape index (κ3) is 3.10. The Morgan fingerprint density at radius 1 is 1.39 bits per heavy atom. The summed E-state index contributed by atoms with van der Waals surface area (Å²) < 4.78 is 5.50. The SMILES string of the molecule is CCC1COCCN1CC(C)(O)c1ccccc1. The van der Waals surface area contributed by atoms with Gasteiger partial charge in [-0.15, -0.1) is 0 Å². The lowest BCUT2D eigenvalue weighted by Gasteiger charge is -2.39. The van der Waals surface area contributed by atoms with Crippen LogP contribution in [0, 0.1) is 0 Å². The van der Waals surface area contributed by atoms with Gasteiger partial charge in [-0.1, -0.05) is 37.3 Å². The fraction of sp³-hybridized carbons (Fsp3) is 0.600. The minimum atomic E-state index is -0.800. The van der Waals surface area contributed by atoms with E-state index in [9.17, 15) is 5.11 Å². The highest BCUT2D eigenvalue weighted by Gasteiger charge is 2.30. The van der Waals surface area contributed by atoms with Gasteiger partial charge in [0.15, 0.2) is 0 Å². The monoisotopic (exact) mass is 249 g/mol. The first-order chi connectivity index (χ1) is 8.63. The summed E-state index contributed by atoms with van der Waals surface area (Å²) in [6.07, 6.45) is 1.06. The van der Waals surface area contributed by atoms with Gasteiger partial charge in [0.25, 0.3) is 0 Å². The second kappa shape index (κ2) is 5.83. The first-order valence-electron chi connectivity index (χ1n) is 6.73. The van der Waals surface area contributed by atoms with Gasteiger partial charge in [0.1, 0.15) is 0 Å². The quantitative estimate of drug-likeness (QED) is 0.886. The Morgan fingerprint density at radius 2 is 2.11 bits per heavy atom. The highest BCUT2D eigenvalue weighted by atomic mass is 16.5. The minimum Gasteiger partial charge on any atom is -0.384 e. The maximum absolute atomic E-state index is 10.7. The van der Waals surface area contributed by atoms with Crippen molar-refractivity contribution in [1.29, 1.82) is 0 Å². The van der Waals surface area contributed by atoms with Crippen LogP contribution in [0.1, 0.15) is 25.8 Å². The summed E-state index contributed by atoms with van der Waals surface area (Å²) in [7, 11) is 0. The van der Waals surface area contributed by atoms with Gasteiger partial charge in [0.05, 0.1) is 18.8 Å². The first-order valence-corrected chi connectivity index (χ1v) is 6.73. The number of hydrogen-bond donors (Lipinski definition) is 1. The van der Waals surface area contributed by atoms with E-state index in [0.717, 1.165) is 31.7 Å². The van der Waals surface area contributed by atoms with Crippen molar-refractivity contribution in [3.05, 3.63) is 35.9 Å². The smallest absolute Gasteiger partial charge is 0.0994 e. The highest BCUT2D eigenvalue weighted by molar-refractivity contribution is 5.21. The molecule has 0 aromatic heterocycles. The van der Waals surface area contributed by atoms with Gasteiger partial charge in [-0.3, -0.25) is 4.90 Å². The summed E-state index contributed by atoms with van der Waals surface area (Å²) in [5.41, 5.74) is 0.179. The largest absolute Gasteiger partial charge is 0.384 e. The molecule has 1 aliphatic heterocycles. The van der Waals surface area contributed by atoms with E-state index in [0.29, 0.717) is 12.6 Å². The Kier molecular flexibility index (Phi) is 4.38. The van der Waals surface area contributed by atoms with Crippen molar-refractivity contribution in [3.8, 4) is 0 Å². The maximum atomic E-state index is 10.7. The molecule has 0 aliphatic carbocycles. The van der Waals surface area contributed by atoms with E-state index in [1.54, 1.807) is 0 Å². The predicted octanol–water partition coefficient (Wildman–Crippen LogP) is 2.00. The molecule has 2 unspecified atom stereocenters. The second-order valence-corrected chi connectivity index (χ2v) is 5.25. The number of hydrogen-bond acceptors (Lipinski definition) is 3. The molecule has 1 aromatic rings. The van der Waals surface area contributed by atoms with Crippen LogP contribution in [0.3, 0.4) is 0 Å². The minimum absolute atomic E-state index is 0.425.